The molecule has 35 heavy (non-hydrogen) atoms. The van der Waals surface area contributed by atoms with Gasteiger partial charge in [0.15, 0.2) is 0 Å². The number of rotatable bonds is 11. The zero-order chi connectivity index (χ0) is 25.3. The van der Waals surface area contributed by atoms with Crippen LogP contribution in [0.15, 0.2) is 29.8 Å². The predicted molar refractivity (Wildman–Crippen MR) is 150 cm³/mol. The molecule has 0 aliphatic heterocycles. The third-order valence-corrected chi connectivity index (χ3v) is 8.43. The van der Waals surface area contributed by atoms with E-state index in [0.29, 0.717) is 17.9 Å². The number of hydrogen-bond donors (Lipinski definition) is 2. The molecule has 2 atom stereocenters. The van der Waals surface area contributed by atoms with Crippen molar-refractivity contribution in [3.8, 4) is 0 Å². The monoisotopic (exact) mass is 472 g/mol. The number of aromatic nitrogens is 1. The molecule has 0 amide bonds. The van der Waals surface area contributed by atoms with Gasteiger partial charge in [-0.2, -0.15) is 0 Å². The number of anilines is 1. The van der Waals surface area contributed by atoms with Gasteiger partial charge in [-0.1, -0.05) is 34.3 Å². The van der Waals surface area contributed by atoms with E-state index < -0.39 is 0 Å². The molecule has 4 heteroatoms. The number of benzene rings is 1. The first-order chi connectivity index (χ1) is 16.7. The van der Waals surface area contributed by atoms with Gasteiger partial charge in [0.05, 0.1) is 6.04 Å². The summed E-state index contributed by atoms with van der Waals surface area (Å²) in [6, 6.07) is 7.20. The van der Waals surface area contributed by atoms with Crippen molar-refractivity contribution < 1.29 is 0 Å². The van der Waals surface area contributed by atoms with Crippen LogP contribution in [-0.4, -0.2) is 23.8 Å². The number of nitrogen functional groups attached to an aromatic ring is 1. The fourth-order valence-corrected chi connectivity index (χ4v) is 5.06. The average molecular weight is 473 g/mol. The summed E-state index contributed by atoms with van der Waals surface area (Å²) in [7, 11) is 0. The quantitative estimate of drug-likeness (QED) is 0.277. The first-order valence-corrected chi connectivity index (χ1v) is 13.5. The molecular weight excluding hydrogens is 428 g/mol. The Morgan fingerprint density at radius 1 is 1.23 bits per heavy atom. The molecule has 0 radical (unpaired) electrons. The minimum Gasteiger partial charge on any atom is -0.398 e. The summed E-state index contributed by atoms with van der Waals surface area (Å²) in [6.45, 7) is 18.8. The minimum absolute atomic E-state index is 0.0265. The molecule has 0 bridgehead atoms. The Bertz CT molecular complexity index is 1120. The van der Waals surface area contributed by atoms with Gasteiger partial charge >= 0.3 is 0 Å². The second-order valence-corrected chi connectivity index (χ2v) is 11.1. The zero-order valence-electron chi connectivity index (χ0n) is 22.7. The molecular formula is C31H44N4. The standard InChI is InChI=1S/C31H44N4/c1-8-19(3)28-16-29(35-21(5)20(28)4)31(7,26-10-11-26)18-34-22(6)24-14-23(9-2)30(32)25(15-24)17-33-27-12-13-27/h14-17,19,26-27,34H,6,8-13,18,32H2,1-5,7H3. The summed E-state index contributed by atoms with van der Waals surface area (Å²) in [5.74, 6) is 1.20. The van der Waals surface area contributed by atoms with Crippen LogP contribution < -0.4 is 11.1 Å². The van der Waals surface area contributed by atoms with E-state index in [1.807, 2.05) is 6.21 Å². The maximum absolute atomic E-state index is 6.46. The molecule has 2 aromatic rings. The molecule has 4 rings (SSSR count). The van der Waals surface area contributed by atoms with E-state index in [2.05, 4.69) is 76.6 Å². The van der Waals surface area contributed by atoms with Crippen molar-refractivity contribution >= 4 is 17.6 Å². The molecule has 0 saturated heterocycles. The van der Waals surface area contributed by atoms with Crippen molar-refractivity contribution in [1.82, 2.24) is 10.3 Å². The molecule has 3 N–H and O–H groups in total. The highest BCUT2D eigenvalue weighted by atomic mass is 14.9. The average Bonchev–Trinajstić information content (AvgIpc) is 3.76. The Labute approximate surface area is 212 Å². The first kappa shape index (κ1) is 25.5. The lowest BCUT2D eigenvalue weighted by Crippen LogP contribution is -2.38. The van der Waals surface area contributed by atoms with Gasteiger partial charge in [0, 0.05) is 46.5 Å². The topological polar surface area (TPSA) is 63.3 Å². The number of pyridine rings is 1. The minimum atomic E-state index is -0.0265. The van der Waals surface area contributed by atoms with Gasteiger partial charge in [-0.05, 0) is 105 Å². The molecule has 1 heterocycles. The summed E-state index contributed by atoms with van der Waals surface area (Å²) in [5.41, 5.74) is 16.7. The van der Waals surface area contributed by atoms with E-state index in [-0.39, 0.29) is 5.41 Å². The third kappa shape index (κ3) is 5.47. The van der Waals surface area contributed by atoms with Crippen molar-refractivity contribution in [2.45, 2.75) is 97.4 Å². The molecule has 2 aliphatic rings. The van der Waals surface area contributed by atoms with E-state index in [4.69, 9.17) is 10.7 Å². The van der Waals surface area contributed by atoms with Crippen LogP contribution in [0.1, 0.15) is 105 Å². The highest BCUT2D eigenvalue weighted by Crippen LogP contribution is 2.47. The van der Waals surface area contributed by atoms with Crippen LogP contribution in [0.2, 0.25) is 0 Å². The predicted octanol–water partition coefficient (Wildman–Crippen LogP) is 6.87. The number of nitrogens with two attached hydrogens (primary N) is 1. The lowest BCUT2D eigenvalue weighted by atomic mass is 9.78. The van der Waals surface area contributed by atoms with E-state index in [9.17, 15) is 0 Å². The summed E-state index contributed by atoms with van der Waals surface area (Å²) in [5, 5.41) is 3.71. The maximum Gasteiger partial charge on any atom is 0.0501 e. The molecule has 0 spiro atoms. The van der Waals surface area contributed by atoms with Gasteiger partial charge in [-0.15, -0.1) is 0 Å². The Balaban J connectivity index is 1.59. The Hall–Kier alpha value is -2.62. The van der Waals surface area contributed by atoms with Crippen molar-refractivity contribution in [1.29, 1.82) is 0 Å². The number of hydrogen-bond acceptors (Lipinski definition) is 4. The lowest BCUT2D eigenvalue weighted by molar-refractivity contribution is 0.389. The molecule has 2 unspecified atom stereocenters. The zero-order valence-corrected chi connectivity index (χ0v) is 22.7. The van der Waals surface area contributed by atoms with Crippen molar-refractivity contribution in [3.05, 3.63) is 64.0 Å². The van der Waals surface area contributed by atoms with Crippen LogP contribution in [0.3, 0.4) is 0 Å². The number of aryl methyl sites for hydroxylation is 2. The number of nitrogens with one attached hydrogen (secondary N) is 1. The first-order valence-electron chi connectivity index (χ1n) is 13.5. The van der Waals surface area contributed by atoms with Gasteiger partial charge in [-0.3, -0.25) is 9.98 Å². The van der Waals surface area contributed by atoms with Crippen LogP contribution in [-0.2, 0) is 11.8 Å². The lowest BCUT2D eigenvalue weighted by Gasteiger charge is -2.32. The maximum atomic E-state index is 6.46. The molecule has 2 saturated carbocycles. The van der Waals surface area contributed by atoms with Crippen molar-refractivity contribution in [2.24, 2.45) is 10.9 Å². The summed E-state index contributed by atoms with van der Waals surface area (Å²) >= 11 is 0. The van der Waals surface area contributed by atoms with Crippen LogP contribution in [0.4, 0.5) is 5.69 Å². The van der Waals surface area contributed by atoms with E-state index in [0.717, 1.165) is 53.2 Å². The van der Waals surface area contributed by atoms with Crippen molar-refractivity contribution in [2.75, 3.05) is 12.3 Å². The van der Waals surface area contributed by atoms with Crippen molar-refractivity contribution in [3.63, 3.8) is 0 Å². The van der Waals surface area contributed by atoms with Crippen LogP contribution in [0, 0.1) is 19.8 Å². The SMILES string of the molecule is C=C(NCC(C)(c1cc(C(C)CC)c(C)c(C)n1)C1CC1)c1cc(C=NC2CC2)c(N)c(CC)c1. The van der Waals surface area contributed by atoms with Gasteiger partial charge in [0.25, 0.3) is 0 Å². The fraction of sp³-hybridized carbons (Fsp3) is 0.548. The summed E-state index contributed by atoms with van der Waals surface area (Å²) < 4.78 is 0. The Kier molecular flexibility index (Phi) is 7.40. The van der Waals surface area contributed by atoms with E-state index in [1.165, 1.54) is 42.5 Å². The molecule has 188 valence electrons. The highest BCUT2D eigenvalue weighted by Gasteiger charge is 2.44. The van der Waals surface area contributed by atoms with E-state index >= 15 is 0 Å². The Morgan fingerprint density at radius 2 is 1.94 bits per heavy atom. The molecule has 4 nitrogen and oxygen atoms in total. The molecule has 1 aromatic carbocycles. The summed E-state index contributed by atoms with van der Waals surface area (Å²) in [6.07, 6.45) is 8.91. The van der Waals surface area contributed by atoms with Crippen LogP contribution in [0.25, 0.3) is 5.70 Å². The largest absolute Gasteiger partial charge is 0.398 e. The normalized spacial score (nSPS) is 18.5. The second-order valence-electron chi connectivity index (χ2n) is 11.1. The smallest absolute Gasteiger partial charge is 0.0501 e. The fourth-order valence-electron chi connectivity index (χ4n) is 5.06. The van der Waals surface area contributed by atoms with Gasteiger partial charge in [0.2, 0.25) is 0 Å². The van der Waals surface area contributed by atoms with Crippen LogP contribution >= 0.6 is 0 Å². The van der Waals surface area contributed by atoms with Gasteiger partial charge in [0.1, 0.15) is 0 Å². The highest BCUT2D eigenvalue weighted by molar-refractivity contribution is 5.90. The molecule has 2 fully saturated rings. The van der Waals surface area contributed by atoms with E-state index in [1.54, 1.807) is 0 Å². The summed E-state index contributed by atoms with van der Waals surface area (Å²) in [4.78, 5) is 9.81. The van der Waals surface area contributed by atoms with Gasteiger partial charge in [-0.25, -0.2) is 0 Å². The van der Waals surface area contributed by atoms with Gasteiger partial charge < -0.3 is 11.1 Å². The molecule has 1 aromatic heterocycles. The number of nitrogens with zero attached hydrogens (tertiary/aromatic N) is 2. The Morgan fingerprint density at radius 3 is 2.54 bits per heavy atom. The van der Waals surface area contributed by atoms with Crippen LogP contribution in [0.5, 0.6) is 0 Å². The number of aliphatic imine (C=N–C) groups is 1. The second kappa shape index (κ2) is 10.2. The molecule has 2 aliphatic carbocycles. The third-order valence-electron chi connectivity index (χ3n) is 8.43.